The Labute approximate surface area is 176 Å². The van der Waals surface area contributed by atoms with Gasteiger partial charge in [-0.25, -0.2) is 0 Å². The van der Waals surface area contributed by atoms with Gasteiger partial charge in [0.2, 0.25) is 0 Å². The number of Topliss-reactive ketones (excluding diaryl/α,β-unsaturated/α-hetero) is 1. The Morgan fingerprint density at radius 2 is 1.48 bits per heavy atom. The SMILES string of the molecule is CCCCN1C(=O)C(=O)C(=C(O)c2ccc([N+](=O)[O-])cc2)[C@H]1c1ccc([N+](=O)[O-])cc1. The van der Waals surface area contributed by atoms with Gasteiger partial charge in [-0.2, -0.15) is 0 Å². The van der Waals surface area contributed by atoms with E-state index in [0.717, 1.165) is 6.42 Å². The Morgan fingerprint density at radius 1 is 0.968 bits per heavy atom. The van der Waals surface area contributed by atoms with Crippen molar-refractivity contribution in [3.05, 3.63) is 85.5 Å². The van der Waals surface area contributed by atoms with Crippen LogP contribution >= 0.6 is 0 Å². The number of non-ortho nitro benzene ring substituents is 2. The zero-order chi connectivity index (χ0) is 22.7. The molecule has 3 rings (SSSR count). The lowest BCUT2D eigenvalue weighted by molar-refractivity contribution is -0.385. The zero-order valence-corrected chi connectivity index (χ0v) is 16.6. The molecule has 1 N–H and O–H groups in total. The van der Waals surface area contributed by atoms with Gasteiger partial charge in [0, 0.05) is 36.4 Å². The second-order valence-corrected chi connectivity index (χ2v) is 7.00. The van der Waals surface area contributed by atoms with Crippen LogP contribution in [0.3, 0.4) is 0 Å². The molecule has 160 valence electrons. The van der Waals surface area contributed by atoms with Crippen LogP contribution in [-0.4, -0.2) is 38.1 Å². The Morgan fingerprint density at radius 3 is 1.97 bits per heavy atom. The van der Waals surface area contributed by atoms with E-state index < -0.39 is 33.3 Å². The molecule has 0 unspecified atom stereocenters. The van der Waals surface area contributed by atoms with Crippen molar-refractivity contribution in [2.24, 2.45) is 0 Å². The standard InChI is InChI=1S/C21H19N3O7/c1-2-3-12-22-18(13-4-8-15(9-5-13)23(28)29)17(20(26)21(22)27)19(25)14-6-10-16(11-7-14)24(30)31/h4-11,18,25H,2-3,12H2,1H3/t18-/m1/s1. The second kappa shape index (κ2) is 8.74. The average Bonchev–Trinajstić information content (AvgIpc) is 3.02. The lowest BCUT2D eigenvalue weighted by atomic mass is 9.95. The third kappa shape index (κ3) is 4.13. The third-order valence-corrected chi connectivity index (χ3v) is 5.06. The predicted molar refractivity (Wildman–Crippen MR) is 110 cm³/mol. The summed E-state index contributed by atoms with van der Waals surface area (Å²) < 4.78 is 0. The van der Waals surface area contributed by atoms with Gasteiger partial charge >= 0.3 is 0 Å². The summed E-state index contributed by atoms with van der Waals surface area (Å²) >= 11 is 0. The quantitative estimate of drug-likeness (QED) is 0.234. The summed E-state index contributed by atoms with van der Waals surface area (Å²) in [4.78, 5) is 47.5. The van der Waals surface area contributed by atoms with Crippen molar-refractivity contribution in [2.75, 3.05) is 6.54 Å². The number of amides is 1. The molecule has 0 aromatic heterocycles. The van der Waals surface area contributed by atoms with Crippen molar-refractivity contribution in [2.45, 2.75) is 25.8 Å². The first-order valence-electron chi connectivity index (χ1n) is 9.53. The topological polar surface area (TPSA) is 144 Å². The number of likely N-dealkylation sites (tertiary alicyclic amines) is 1. The van der Waals surface area contributed by atoms with E-state index in [-0.39, 0.29) is 29.1 Å². The van der Waals surface area contributed by atoms with Gasteiger partial charge in [0.05, 0.1) is 21.5 Å². The highest BCUT2D eigenvalue weighted by molar-refractivity contribution is 6.46. The van der Waals surface area contributed by atoms with Crippen molar-refractivity contribution in [1.82, 2.24) is 4.90 Å². The number of nitro benzene ring substituents is 2. The van der Waals surface area contributed by atoms with Gasteiger partial charge in [0.15, 0.2) is 0 Å². The summed E-state index contributed by atoms with van der Waals surface area (Å²) in [5.41, 5.74) is 0.0793. The molecule has 10 nitrogen and oxygen atoms in total. The fraction of sp³-hybridized carbons (Fsp3) is 0.238. The molecule has 1 heterocycles. The summed E-state index contributed by atoms with van der Waals surface area (Å²) in [6, 6.07) is 9.43. The molecule has 0 radical (unpaired) electrons. The van der Waals surface area contributed by atoms with Crippen molar-refractivity contribution in [3.8, 4) is 0 Å². The molecule has 0 spiro atoms. The van der Waals surface area contributed by atoms with E-state index in [4.69, 9.17) is 0 Å². The maximum Gasteiger partial charge on any atom is 0.295 e. The second-order valence-electron chi connectivity index (χ2n) is 7.00. The summed E-state index contributed by atoms with van der Waals surface area (Å²) in [6.45, 7) is 2.19. The Bertz CT molecular complexity index is 1080. The molecule has 10 heteroatoms. The van der Waals surface area contributed by atoms with Crippen LogP contribution in [0.1, 0.15) is 36.9 Å². The van der Waals surface area contributed by atoms with Crippen LogP contribution in [0, 0.1) is 20.2 Å². The molecular formula is C21H19N3O7. The molecule has 1 aliphatic heterocycles. The number of aliphatic hydroxyl groups excluding tert-OH is 1. The Balaban J connectivity index is 2.13. The highest BCUT2D eigenvalue weighted by atomic mass is 16.6. The summed E-state index contributed by atoms with van der Waals surface area (Å²) in [5.74, 6) is -2.12. The maximum atomic E-state index is 12.8. The smallest absolute Gasteiger partial charge is 0.295 e. The van der Waals surface area contributed by atoms with Crippen LogP contribution in [0.2, 0.25) is 0 Å². The Hall–Kier alpha value is -4.08. The van der Waals surface area contributed by atoms with Crippen LogP contribution in [0.15, 0.2) is 54.1 Å². The molecule has 1 atom stereocenters. The molecule has 2 aromatic carbocycles. The minimum Gasteiger partial charge on any atom is -0.507 e. The monoisotopic (exact) mass is 425 g/mol. The minimum atomic E-state index is -0.928. The van der Waals surface area contributed by atoms with Gasteiger partial charge in [-0.3, -0.25) is 29.8 Å². The van der Waals surface area contributed by atoms with Gasteiger partial charge in [0.1, 0.15) is 5.76 Å². The Kier molecular flexibility index (Phi) is 6.10. The fourth-order valence-corrected chi connectivity index (χ4v) is 3.46. The minimum absolute atomic E-state index is 0.144. The molecule has 0 aliphatic carbocycles. The lowest BCUT2D eigenvalue weighted by Crippen LogP contribution is -2.30. The fourth-order valence-electron chi connectivity index (χ4n) is 3.46. The van der Waals surface area contributed by atoms with E-state index in [0.29, 0.717) is 12.0 Å². The first kappa shape index (κ1) is 21.6. The van der Waals surface area contributed by atoms with Crippen LogP contribution < -0.4 is 0 Å². The van der Waals surface area contributed by atoms with Crippen molar-refractivity contribution < 1.29 is 24.5 Å². The summed E-state index contributed by atoms with van der Waals surface area (Å²) in [7, 11) is 0. The van der Waals surface area contributed by atoms with Crippen molar-refractivity contribution >= 4 is 28.8 Å². The number of nitrogens with zero attached hydrogens (tertiary/aromatic N) is 3. The molecule has 1 fully saturated rings. The number of carbonyl (C=O) groups is 2. The highest BCUT2D eigenvalue weighted by Gasteiger charge is 2.45. The van der Waals surface area contributed by atoms with Crippen LogP contribution in [0.4, 0.5) is 11.4 Å². The number of aliphatic hydroxyl groups is 1. The molecule has 31 heavy (non-hydrogen) atoms. The van der Waals surface area contributed by atoms with E-state index in [1.165, 1.54) is 53.4 Å². The largest absolute Gasteiger partial charge is 0.507 e. The number of hydrogen-bond acceptors (Lipinski definition) is 7. The number of unbranched alkanes of at least 4 members (excludes halogenated alkanes) is 1. The van der Waals surface area contributed by atoms with Crippen LogP contribution in [0.5, 0.6) is 0 Å². The van der Waals surface area contributed by atoms with Gasteiger partial charge in [-0.1, -0.05) is 13.3 Å². The molecule has 0 bridgehead atoms. The van der Waals surface area contributed by atoms with Gasteiger partial charge < -0.3 is 10.0 Å². The molecule has 2 aromatic rings. The van der Waals surface area contributed by atoms with Gasteiger partial charge in [-0.05, 0) is 36.2 Å². The van der Waals surface area contributed by atoms with E-state index in [9.17, 15) is 34.9 Å². The summed E-state index contributed by atoms with van der Waals surface area (Å²) in [6.07, 6.45) is 1.38. The number of hydrogen-bond donors (Lipinski definition) is 1. The first-order valence-corrected chi connectivity index (χ1v) is 9.53. The normalized spacial score (nSPS) is 17.7. The zero-order valence-electron chi connectivity index (χ0n) is 16.6. The third-order valence-electron chi connectivity index (χ3n) is 5.06. The molecule has 1 saturated heterocycles. The number of rotatable bonds is 7. The van der Waals surface area contributed by atoms with Gasteiger partial charge in [0.25, 0.3) is 23.1 Å². The number of nitro groups is 2. The van der Waals surface area contributed by atoms with Crippen molar-refractivity contribution in [1.29, 1.82) is 0 Å². The first-order chi connectivity index (χ1) is 14.8. The van der Waals surface area contributed by atoms with Crippen molar-refractivity contribution in [3.63, 3.8) is 0 Å². The highest BCUT2D eigenvalue weighted by Crippen LogP contribution is 2.40. The molecule has 1 aliphatic rings. The van der Waals surface area contributed by atoms with Crippen LogP contribution in [0.25, 0.3) is 5.76 Å². The maximum absolute atomic E-state index is 12.8. The molecular weight excluding hydrogens is 406 g/mol. The lowest BCUT2D eigenvalue weighted by Gasteiger charge is -2.25. The van der Waals surface area contributed by atoms with Crippen LogP contribution in [-0.2, 0) is 9.59 Å². The summed E-state index contributed by atoms with van der Waals surface area (Å²) in [5, 5.41) is 32.7. The van der Waals surface area contributed by atoms with Gasteiger partial charge in [-0.15, -0.1) is 0 Å². The average molecular weight is 425 g/mol. The van der Waals surface area contributed by atoms with E-state index in [1.807, 2.05) is 6.92 Å². The molecule has 1 amide bonds. The van der Waals surface area contributed by atoms with E-state index >= 15 is 0 Å². The van der Waals surface area contributed by atoms with E-state index in [1.54, 1.807) is 0 Å². The predicted octanol–water partition coefficient (Wildman–Crippen LogP) is 3.72. The molecule has 0 saturated carbocycles. The number of carbonyl (C=O) groups excluding carboxylic acids is 2. The van der Waals surface area contributed by atoms with E-state index in [2.05, 4.69) is 0 Å². The number of ketones is 1. The number of benzene rings is 2.